The van der Waals surface area contributed by atoms with Crippen LogP contribution in [-0.2, 0) is 11.2 Å². The fourth-order valence-corrected chi connectivity index (χ4v) is 3.43. The molecule has 2 aromatic rings. The molecule has 88 valence electrons. The van der Waals surface area contributed by atoms with Crippen LogP contribution in [0.5, 0.6) is 0 Å². The first-order valence-corrected chi connectivity index (χ1v) is 6.70. The van der Waals surface area contributed by atoms with Crippen molar-refractivity contribution in [1.82, 2.24) is 0 Å². The molecule has 0 fully saturated rings. The summed E-state index contributed by atoms with van der Waals surface area (Å²) in [5.41, 5.74) is 8.32. The summed E-state index contributed by atoms with van der Waals surface area (Å²) in [4.78, 5) is 2.75. The Kier molecular flexibility index (Phi) is 2.97. The number of rotatable bonds is 2. The summed E-state index contributed by atoms with van der Waals surface area (Å²) in [6.07, 6.45) is 1.11. The Morgan fingerprint density at radius 1 is 1.29 bits per heavy atom. The maximum Gasteiger partial charge on any atom is 0.0958 e. The second-order valence-corrected chi connectivity index (χ2v) is 5.34. The third-order valence-corrected chi connectivity index (χ3v) is 4.37. The predicted octanol–water partition coefficient (Wildman–Crippen LogP) is 2.99. The van der Waals surface area contributed by atoms with Crippen LogP contribution in [0.4, 0.5) is 0 Å². The highest BCUT2D eigenvalue weighted by atomic mass is 32.1. The molecule has 1 unspecified atom stereocenters. The number of hydrogen-bond donors (Lipinski definition) is 1. The van der Waals surface area contributed by atoms with Crippen molar-refractivity contribution in [1.29, 1.82) is 0 Å². The molecule has 0 saturated heterocycles. The second kappa shape index (κ2) is 4.61. The van der Waals surface area contributed by atoms with Gasteiger partial charge in [0.25, 0.3) is 0 Å². The van der Waals surface area contributed by atoms with Gasteiger partial charge in [-0.15, -0.1) is 11.3 Å². The lowest BCUT2D eigenvalue weighted by atomic mass is 10.0. The fraction of sp³-hybridized carbons (Fsp3) is 0.286. The standard InChI is InChI=1S/C14H15NOS/c15-9-12-11-8-14(10-4-2-1-3-5-10)17-13(11)6-7-16-12/h1-5,8,12H,6-7,9,15H2. The van der Waals surface area contributed by atoms with Gasteiger partial charge in [-0.05, 0) is 17.2 Å². The van der Waals surface area contributed by atoms with Crippen molar-refractivity contribution in [3.63, 3.8) is 0 Å². The Balaban J connectivity index is 2.02. The molecule has 1 aromatic carbocycles. The van der Waals surface area contributed by atoms with Crippen LogP contribution in [0.1, 0.15) is 16.5 Å². The molecule has 1 aromatic heterocycles. The summed E-state index contributed by atoms with van der Waals surface area (Å²) in [5.74, 6) is 0. The minimum atomic E-state index is 0.0902. The van der Waals surface area contributed by atoms with Crippen LogP contribution in [0.3, 0.4) is 0 Å². The van der Waals surface area contributed by atoms with Gasteiger partial charge in [-0.3, -0.25) is 0 Å². The van der Waals surface area contributed by atoms with Gasteiger partial charge in [0.15, 0.2) is 0 Å². The Hall–Kier alpha value is -1.16. The lowest BCUT2D eigenvalue weighted by Crippen LogP contribution is -2.21. The third-order valence-electron chi connectivity index (χ3n) is 3.11. The van der Waals surface area contributed by atoms with Crippen molar-refractivity contribution < 1.29 is 4.74 Å². The Morgan fingerprint density at radius 3 is 2.88 bits per heavy atom. The van der Waals surface area contributed by atoms with E-state index in [0.717, 1.165) is 13.0 Å². The highest BCUT2D eigenvalue weighted by Gasteiger charge is 2.22. The highest BCUT2D eigenvalue weighted by molar-refractivity contribution is 7.15. The molecule has 0 saturated carbocycles. The average Bonchev–Trinajstić information content (AvgIpc) is 2.83. The van der Waals surface area contributed by atoms with E-state index in [1.54, 1.807) is 0 Å². The average molecular weight is 245 g/mol. The molecular formula is C14H15NOS. The van der Waals surface area contributed by atoms with Crippen molar-refractivity contribution in [3.05, 3.63) is 46.8 Å². The van der Waals surface area contributed by atoms with Crippen LogP contribution in [0.2, 0.25) is 0 Å². The maximum atomic E-state index is 5.75. The van der Waals surface area contributed by atoms with E-state index >= 15 is 0 Å². The quantitative estimate of drug-likeness (QED) is 0.882. The molecule has 0 bridgehead atoms. The zero-order chi connectivity index (χ0) is 11.7. The Labute approximate surface area is 105 Å². The maximum absolute atomic E-state index is 5.75. The number of thiophene rings is 1. The van der Waals surface area contributed by atoms with E-state index in [0.29, 0.717) is 6.54 Å². The van der Waals surface area contributed by atoms with Crippen LogP contribution in [-0.4, -0.2) is 13.2 Å². The topological polar surface area (TPSA) is 35.2 Å². The van der Waals surface area contributed by atoms with Crippen molar-refractivity contribution in [3.8, 4) is 10.4 Å². The lowest BCUT2D eigenvalue weighted by Gasteiger charge is -2.21. The van der Waals surface area contributed by atoms with Gasteiger partial charge in [-0.25, -0.2) is 0 Å². The fourth-order valence-electron chi connectivity index (χ4n) is 2.23. The number of fused-ring (bicyclic) bond motifs is 1. The van der Waals surface area contributed by atoms with E-state index in [-0.39, 0.29) is 6.10 Å². The van der Waals surface area contributed by atoms with Gasteiger partial charge in [0.1, 0.15) is 0 Å². The molecule has 2 heterocycles. The van der Waals surface area contributed by atoms with Gasteiger partial charge >= 0.3 is 0 Å². The normalized spacial score (nSPS) is 19.0. The molecule has 3 heteroatoms. The van der Waals surface area contributed by atoms with Crippen molar-refractivity contribution in [2.24, 2.45) is 5.73 Å². The van der Waals surface area contributed by atoms with Gasteiger partial charge in [-0.2, -0.15) is 0 Å². The van der Waals surface area contributed by atoms with Gasteiger partial charge in [-0.1, -0.05) is 30.3 Å². The predicted molar refractivity (Wildman–Crippen MR) is 71.2 cm³/mol. The van der Waals surface area contributed by atoms with Crippen LogP contribution in [0, 0.1) is 0 Å². The van der Waals surface area contributed by atoms with Crippen LogP contribution in [0.25, 0.3) is 10.4 Å². The lowest BCUT2D eigenvalue weighted by molar-refractivity contribution is 0.0498. The van der Waals surface area contributed by atoms with Crippen LogP contribution >= 0.6 is 11.3 Å². The zero-order valence-electron chi connectivity index (χ0n) is 9.56. The summed E-state index contributed by atoms with van der Waals surface area (Å²) in [6.45, 7) is 1.36. The zero-order valence-corrected chi connectivity index (χ0v) is 10.4. The van der Waals surface area contributed by atoms with E-state index in [9.17, 15) is 0 Å². The third kappa shape index (κ3) is 2.02. The summed E-state index contributed by atoms with van der Waals surface area (Å²) in [5, 5.41) is 0. The first-order valence-electron chi connectivity index (χ1n) is 5.88. The first-order chi connectivity index (χ1) is 8.38. The largest absolute Gasteiger partial charge is 0.372 e. The molecule has 0 radical (unpaired) electrons. The minimum Gasteiger partial charge on any atom is -0.372 e. The molecule has 2 nitrogen and oxygen atoms in total. The Bertz CT molecular complexity index is 506. The van der Waals surface area contributed by atoms with Crippen molar-refractivity contribution in [2.45, 2.75) is 12.5 Å². The molecule has 0 spiro atoms. The summed E-state index contributed by atoms with van der Waals surface area (Å²) in [6, 6.07) is 12.7. The molecule has 1 aliphatic heterocycles. The molecular weight excluding hydrogens is 230 g/mol. The van der Waals surface area contributed by atoms with Gasteiger partial charge in [0.05, 0.1) is 12.7 Å². The van der Waals surface area contributed by atoms with Gasteiger partial charge < -0.3 is 10.5 Å². The van der Waals surface area contributed by atoms with E-state index in [2.05, 4.69) is 30.3 Å². The summed E-state index contributed by atoms with van der Waals surface area (Å²) >= 11 is 1.87. The number of benzene rings is 1. The Morgan fingerprint density at radius 2 is 2.12 bits per heavy atom. The molecule has 17 heavy (non-hydrogen) atoms. The van der Waals surface area contributed by atoms with Crippen LogP contribution < -0.4 is 5.73 Å². The molecule has 1 atom stereocenters. The highest BCUT2D eigenvalue weighted by Crippen LogP contribution is 2.38. The number of nitrogens with two attached hydrogens (primary N) is 1. The van der Waals surface area contributed by atoms with E-state index in [1.165, 1.54) is 20.9 Å². The summed E-state index contributed by atoms with van der Waals surface area (Å²) < 4.78 is 5.68. The first kappa shape index (κ1) is 11.0. The van der Waals surface area contributed by atoms with Crippen molar-refractivity contribution >= 4 is 11.3 Å². The van der Waals surface area contributed by atoms with Gasteiger partial charge in [0.2, 0.25) is 0 Å². The summed E-state index contributed by atoms with van der Waals surface area (Å²) in [7, 11) is 0. The SMILES string of the molecule is NCC1OCCc2sc(-c3ccccc3)cc21. The van der Waals surface area contributed by atoms with E-state index < -0.39 is 0 Å². The van der Waals surface area contributed by atoms with Crippen molar-refractivity contribution in [2.75, 3.05) is 13.2 Å². The minimum absolute atomic E-state index is 0.0902. The smallest absolute Gasteiger partial charge is 0.0958 e. The molecule has 3 rings (SSSR count). The van der Waals surface area contributed by atoms with Gasteiger partial charge in [0, 0.05) is 22.7 Å². The van der Waals surface area contributed by atoms with E-state index in [1.807, 2.05) is 17.4 Å². The molecule has 0 amide bonds. The number of ether oxygens (including phenoxy) is 1. The molecule has 1 aliphatic rings. The number of hydrogen-bond acceptors (Lipinski definition) is 3. The molecule has 2 N–H and O–H groups in total. The second-order valence-electron chi connectivity index (χ2n) is 4.20. The monoisotopic (exact) mass is 245 g/mol. The molecule has 0 aliphatic carbocycles. The van der Waals surface area contributed by atoms with E-state index in [4.69, 9.17) is 10.5 Å². The van der Waals surface area contributed by atoms with Crippen LogP contribution in [0.15, 0.2) is 36.4 Å².